The van der Waals surface area contributed by atoms with E-state index in [9.17, 15) is 13.2 Å². The van der Waals surface area contributed by atoms with Gasteiger partial charge >= 0.3 is 0 Å². The molecule has 0 amide bonds. The third-order valence-corrected chi connectivity index (χ3v) is 4.52. The van der Waals surface area contributed by atoms with Crippen LogP contribution in [0.15, 0.2) is 66.9 Å². The fourth-order valence-corrected chi connectivity index (χ4v) is 3.05. The van der Waals surface area contributed by atoms with Gasteiger partial charge in [-0.05, 0) is 38.5 Å². The highest BCUT2D eigenvalue weighted by Crippen LogP contribution is 2.19. The number of nitrogens with one attached hydrogen (secondary N) is 1. The maximum Gasteiger partial charge on any atom is 0.229 e. The zero-order valence-electron chi connectivity index (χ0n) is 16.1. The fourth-order valence-electron chi connectivity index (χ4n) is 2.50. The zero-order chi connectivity index (χ0) is 20.1. The predicted molar refractivity (Wildman–Crippen MR) is 110 cm³/mol. The standard InChI is InChI=1S/C21H26N2O3S/c1-21(2,3)23(16-17-9-6-5-7-10-17)14-13-20(24)18-11-8-12-19(15-18)22-27(4,25)26/h5-15,22H,16H2,1-4H3. The lowest BCUT2D eigenvalue weighted by molar-refractivity contribution is 0.104. The summed E-state index contributed by atoms with van der Waals surface area (Å²) in [6.45, 7) is 6.94. The van der Waals surface area contributed by atoms with Crippen molar-refractivity contribution in [2.45, 2.75) is 32.9 Å². The van der Waals surface area contributed by atoms with Gasteiger partial charge in [-0.15, -0.1) is 0 Å². The van der Waals surface area contributed by atoms with E-state index in [2.05, 4.69) is 42.5 Å². The lowest BCUT2D eigenvalue weighted by atomic mass is 10.0. The molecule has 0 saturated carbocycles. The molecule has 2 aromatic carbocycles. The van der Waals surface area contributed by atoms with Crippen LogP contribution >= 0.6 is 0 Å². The molecule has 0 aliphatic rings. The average molecular weight is 387 g/mol. The van der Waals surface area contributed by atoms with Gasteiger partial charge in [0, 0.05) is 35.6 Å². The van der Waals surface area contributed by atoms with E-state index < -0.39 is 10.0 Å². The molecule has 0 aliphatic carbocycles. The van der Waals surface area contributed by atoms with Gasteiger partial charge in [-0.3, -0.25) is 9.52 Å². The Bertz CT molecular complexity index is 914. The van der Waals surface area contributed by atoms with Crippen LogP contribution in [0.2, 0.25) is 0 Å². The fraction of sp³-hybridized carbons (Fsp3) is 0.286. The Morgan fingerprint density at radius 3 is 2.33 bits per heavy atom. The number of ketones is 1. The number of hydrogen-bond acceptors (Lipinski definition) is 4. The number of rotatable bonds is 7. The Kier molecular flexibility index (Phi) is 6.44. The monoisotopic (exact) mass is 386 g/mol. The summed E-state index contributed by atoms with van der Waals surface area (Å²) in [5.41, 5.74) is 1.79. The molecule has 144 valence electrons. The predicted octanol–water partition coefficient (Wildman–Crippen LogP) is 4.06. The van der Waals surface area contributed by atoms with Crippen LogP contribution in [0.1, 0.15) is 36.7 Å². The Balaban J connectivity index is 2.18. The van der Waals surface area contributed by atoms with Crippen molar-refractivity contribution in [2.24, 2.45) is 0 Å². The van der Waals surface area contributed by atoms with Crippen LogP contribution in [-0.4, -0.2) is 30.9 Å². The third-order valence-electron chi connectivity index (χ3n) is 3.91. The van der Waals surface area contributed by atoms with Gasteiger partial charge in [0.25, 0.3) is 0 Å². The van der Waals surface area contributed by atoms with Crippen LogP contribution in [-0.2, 0) is 16.6 Å². The van der Waals surface area contributed by atoms with Gasteiger partial charge in [0.1, 0.15) is 0 Å². The van der Waals surface area contributed by atoms with Gasteiger partial charge in [0.15, 0.2) is 5.78 Å². The normalized spacial score (nSPS) is 12.1. The quantitative estimate of drug-likeness (QED) is 0.576. The van der Waals surface area contributed by atoms with Crippen LogP contribution in [0, 0.1) is 0 Å². The molecule has 0 unspecified atom stereocenters. The van der Waals surface area contributed by atoms with Crippen LogP contribution in [0.25, 0.3) is 0 Å². The number of allylic oxidation sites excluding steroid dienone is 1. The molecular formula is C21H26N2O3S. The van der Waals surface area contributed by atoms with E-state index in [-0.39, 0.29) is 11.3 Å². The van der Waals surface area contributed by atoms with Gasteiger partial charge in [-0.25, -0.2) is 8.42 Å². The number of sulfonamides is 1. The lowest BCUT2D eigenvalue weighted by Gasteiger charge is -2.35. The highest BCUT2D eigenvalue weighted by molar-refractivity contribution is 7.92. The average Bonchev–Trinajstić information content (AvgIpc) is 2.57. The molecule has 0 aliphatic heterocycles. The zero-order valence-corrected chi connectivity index (χ0v) is 17.0. The van der Waals surface area contributed by atoms with Gasteiger partial charge in [0.2, 0.25) is 10.0 Å². The highest BCUT2D eigenvalue weighted by Gasteiger charge is 2.18. The minimum Gasteiger partial charge on any atom is -0.368 e. The molecule has 0 saturated heterocycles. The van der Waals surface area contributed by atoms with Crippen LogP contribution in [0.4, 0.5) is 5.69 Å². The molecular weight excluding hydrogens is 360 g/mol. The van der Waals surface area contributed by atoms with Gasteiger partial charge in [-0.1, -0.05) is 42.5 Å². The summed E-state index contributed by atoms with van der Waals surface area (Å²) >= 11 is 0. The third kappa shape index (κ3) is 6.90. The largest absolute Gasteiger partial charge is 0.368 e. The number of carbonyl (C=O) groups excluding carboxylic acids is 1. The number of anilines is 1. The van der Waals surface area contributed by atoms with E-state index in [4.69, 9.17) is 0 Å². The van der Waals surface area contributed by atoms with Gasteiger partial charge < -0.3 is 4.90 Å². The van der Waals surface area contributed by atoms with Crippen molar-refractivity contribution < 1.29 is 13.2 Å². The second-order valence-electron chi connectivity index (χ2n) is 7.42. The second kappa shape index (κ2) is 8.39. The molecule has 1 N–H and O–H groups in total. The summed E-state index contributed by atoms with van der Waals surface area (Å²) in [6.07, 6.45) is 4.39. The molecule has 0 heterocycles. The van der Waals surface area contributed by atoms with E-state index in [0.717, 1.165) is 11.8 Å². The molecule has 6 heteroatoms. The van der Waals surface area contributed by atoms with Crippen molar-refractivity contribution in [1.82, 2.24) is 4.90 Å². The number of benzene rings is 2. The minimum atomic E-state index is -3.39. The molecule has 0 radical (unpaired) electrons. The maximum absolute atomic E-state index is 12.6. The molecule has 2 aromatic rings. The van der Waals surface area contributed by atoms with Crippen LogP contribution < -0.4 is 4.72 Å². The summed E-state index contributed by atoms with van der Waals surface area (Å²) in [5, 5.41) is 0. The first-order valence-corrected chi connectivity index (χ1v) is 10.5. The highest BCUT2D eigenvalue weighted by atomic mass is 32.2. The molecule has 2 rings (SSSR count). The first kappa shape index (κ1) is 20.7. The summed E-state index contributed by atoms with van der Waals surface area (Å²) in [6, 6.07) is 16.5. The second-order valence-corrected chi connectivity index (χ2v) is 9.17. The number of nitrogens with zero attached hydrogens (tertiary/aromatic N) is 1. The van der Waals surface area contributed by atoms with Crippen molar-refractivity contribution in [3.63, 3.8) is 0 Å². The van der Waals surface area contributed by atoms with Crippen molar-refractivity contribution in [2.75, 3.05) is 11.0 Å². The van der Waals surface area contributed by atoms with Crippen molar-refractivity contribution in [3.8, 4) is 0 Å². The Morgan fingerprint density at radius 1 is 1.07 bits per heavy atom. The minimum absolute atomic E-state index is 0.160. The summed E-state index contributed by atoms with van der Waals surface area (Å²) in [7, 11) is -3.39. The molecule has 0 bridgehead atoms. The van der Waals surface area contributed by atoms with E-state index >= 15 is 0 Å². The van der Waals surface area contributed by atoms with E-state index in [1.54, 1.807) is 24.4 Å². The Morgan fingerprint density at radius 2 is 1.74 bits per heavy atom. The number of carbonyl (C=O) groups is 1. The van der Waals surface area contributed by atoms with Crippen molar-refractivity contribution in [3.05, 3.63) is 78.0 Å². The van der Waals surface area contributed by atoms with E-state index in [1.807, 2.05) is 18.2 Å². The first-order chi connectivity index (χ1) is 12.5. The lowest BCUT2D eigenvalue weighted by Crippen LogP contribution is -2.36. The summed E-state index contributed by atoms with van der Waals surface area (Å²) in [4.78, 5) is 14.7. The molecule has 5 nitrogen and oxygen atoms in total. The van der Waals surface area contributed by atoms with E-state index in [1.165, 1.54) is 12.1 Å². The molecule has 27 heavy (non-hydrogen) atoms. The summed E-state index contributed by atoms with van der Waals surface area (Å²) < 4.78 is 25.1. The van der Waals surface area contributed by atoms with Crippen LogP contribution in [0.5, 0.6) is 0 Å². The molecule has 0 atom stereocenters. The van der Waals surface area contributed by atoms with E-state index in [0.29, 0.717) is 17.8 Å². The topological polar surface area (TPSA) is 66.5 Å². The summed E-state index contributed by atoms with van der Waals surface area (Å²) in [5.74, 6) is -0.186. The SMILES string of the molecule is CC(C)(C)N(C=CC(=O)c1cccc(NS(C)(=O)=O)c1)Cc1ccccc1. The van der Waals surface area contributed by atoms with Crippen LogP contribution in [0.3, 0.4) is 0 Å². The molecule has 0 spiro atoms. The molecule has 0 aromatic heterocycles. The Hall–Kier alpha value is -2.60. The van der Waals surface area contributed by atoms with Crippen molar-refractivity contribution >= 4 is 21.5 Å². The number of hydrogen-bond donors (Lipinski definition) is 1. The van der Waals surface area contributed by atoms with Crippen molar-refractivity contribution in [1.29, 1.82) is 0 Å². The Labute approximate surface area is 161 Å². The first-order valence-electron chi connectivity index (χ1n) is 8.66. The maximum atomic E-state index is 12.6. The smallest absolute Gasteiger partial charge is 0.229 e. The van der Waals surface area contributed by atoms with Gasteiger partial charge in [-0.2, -0.15) is 0 Å². The van der Waals surface area contributed by atoms with Gasteiger partial charge in [0.05, 0.1) is 6.26 Å². The molecule has 0 fully saturated rings.